The number of nitrogens with one attached hydrogen (secondary N) is 1. The zero-order chi connectivity index (χ0) is 17.9. The number of rotatable bonds is 6. The first kappa shape index (κ1) is 15.9. The second-order valence-electron chi connectivity index (χ2n) is 5.83. The lowest BCUT2D eigenvalue weighted by atomic mass is 10.0. The Labute approximate surface area is 148 Å². The van der Waals surface area contributed by atoms with Gasteiger partial charge in [0.25, 0.3) is 5.91 Å². The number of carbonyl (C=O) groups excluding carboxylic acids is 1. The van der Waals surface area contributed by atoms with Crippen LogP contribution in [0.4, 0.5) is 0 Å². The minimum absolute atomic E-state index is 0.410. The minimum atomic E-state index is -0.501. The van der Waals surface area contributed by atoms with Crippen molar-refractivity contribution in [2.75, 3.05) is 0 Å². The molecule has 1 amide bonds. The molecule has 0 saturated heterocycles. The van der Waals surface area contributed by atoms with Crippen molar-refractivity contribution in [3.05, 3.63) is 77.7 Å². The maximum absolute atomic E-state index is 11.6. The van der Waals surface area contributed by atoms with Gasteiger partial charge in [-0.15, -0.1) is 0 Å². The number of nitrogens with zero attached hydrogens (tertiary/aromatic N) is 4. The monoisotopic (exact) mass is 347 g/mol. The number of amides is 1. The summed E-state index contributed by atoms with van der Waals surface area (Å²) >= 11 is 0. The van der Waals surface area contributed by atoms with Gasteiger partial charge >= 0.3 is 0 Å². The topological polar surface area (TPSA) is 124 Å². The third kappa shape index (κ3) is 3.30. The van der Waals surface area contributed by atoms with Crippen LogP contribution < -0.4 is 5.73 Å². The standard InChI is InChI=1S/C18H15N6O2/c19-18(25)14-8-12(7-13-10-21-23-17(13)14)1-2-16-22-15(24-26-16)9-11-3-5-20-6-4-11/h2-8,10H,1,9H2,(H2,19,25)(H,21,23). The summed E-state index contributed by atoms with van der Waals surface area (Å²) in [5, 5.41) is 11.6. The summed E-state index contributed by atoms with van der Waals surface area (Å²) < 4.78 is 5.27. The summed E-state index contributed by atoms with van der Waals surface area (Å²) in [4.78, 5) is 20.0. The molecule has 1 aromatic carbocycles. The van der Waals surface area contributed by atoms with E-state index in [0.29, 0.717) is 35.6 Å². The molecule has 3 heterocycles. The van der Waals surface area contributed by atoms with E-state index in [0.717, 1.165) is 16.5 Å². The first-order valence-electron chi connectivity index (χ1n) is 7.99. The van der Waals surface area contributed by atoms with Crippen LogP contribution in [0.2, 0.25) is 0 Å². The Kier molecular flexibility index (Phi) is 4.14. The number of hydrogen-bond acceptors (Lipinski definition) is 6. The minimum Gasteiger partial charge on any atom is -0.366 e. The van der Waals surface area contributed by atoms with Gasteiger partial charge < -0.3 is 10.3 Å². The van der Waals surface area contributed by atoms with Gasteiger partial charge in [-0.25, -0.2) is 0 Å². The zero-order valence-corrected chi connectivity index (χ0v) is 13.7. The van der Waals surface area contributed by atoms with E-state index in [2.05, 4.69) is 25.3 Å². The lowest BCUT2D eigenvalue weighted by molar-refractivity contribution is 0.100. The normalized spacial score (nSPS) is 11.1. The Morgan fingerprint density at radius 3 is 2.88 bits per heavy atom. The number of pyridine rings is 1. The summed E-state index contributed by atoms with van der Waals surface area (Å²) in [5.41, 5.74) is 8.46. The maximum Gasteiger partial charge on any atom is 0.250 e. The van der Waals surface area contributed by atoms with E-state index in [9.17, 15) is 4.79 Å². The molecule has 8 heteroatoms. The fraction of sp³-hybridized carbons (Fsp3) is 0.111. The van der Waals surface area contributed by atoms with Gasteiger partial charge in [-0.05, 0) is 41.8 Å². The van der Waals surface area contributed by atoms with Crippen molar-refractivity contribution in [1.82, 2.24) is 25.3 Å². The number of H-pyrrole nitrogens is 1. The summed E-state index contributed by atoms with van der Waals surface area (Å²) in [6.07, 6.45) is 8.03. The molecule has 0 aliphatic rings. The predicted octanol–water partition coefficient (Wildman–Crippen LogP) is 1.83. The quantitative estimate of drug-likeness (QED) is 0.548. The van der Waals surface area contributed by atoms with Crippen molar-refractivity contribution >= 4 is 16.8 Å². The molecular weight excluding hydrogens is 332 g/mol. The van der Waals surface area contributed by atoms with Crippen LogP contribution >= 0.6 is 0 Å². The maximum atomic E-state index is 11.6. The molecule has 0 bridgehead atoms. The highest BCUT2D eigenvalue weighted by molar-refractivity contribution is 6.04. The van der Waals surface area contributed by atoms with Crippen molar-refractivity contribution < 1.29 is 9.32 Å². The van der Waals surface area contributed by atoms with Crippen molar-refractivity contribution in [3.63, 3.8) is 0 Å². The van der Waals surface area contributed by atoms with E-state index < -0.39 is 5.91 Å². The highest BCUT2D eigenvalue weighted by atomic mass is 16.5. The first-order chi connectivity index (χ1) is 12.7. The van der Waals surface area contributed by atoms with Crippen LogP contribution in [-0.4, -0.2) is 31.2 Å². The van der Waals surface area contributed by atoms with Crippen LogP contribution in [0.25, 0.3) is 10.9 Å². The Balaban J connectivity index is 1.48. The van der Waals surface area contributed by atoms with E-state index in [1.807, 2.05) is 24.6 Å². The lowest BCUT2D eigenvalue weighted by Gasteiger charge is -2.03. The van der Waals surface area contributed by atoms with Gasteiger partial charge in [0.1, 0.15) is 0 Å². The molecule has 129 valence electrons. The summed E-state index contributed by atoms with van der Waals surface area (Å²) in [6.45, 7) is 0. The molecule has 0 spiro atoms. The van der Waals surface area contributed by atoms with Crippen LogP contribution in [0.5, 0.6) is 0 Å². The SMILES string of the molecule is NC(=O)c1cc(C[CH]c2nc(Cc3ccncc3)no2)cc2cn[nH]c12. The van der Waals surface area contributed by atoms with Crippen LogP contribution in [0.15, 0.2) is 47.4 Å². The predicted molar refractivity (Wildman–Crippen MR) is 93.1 cm³/mol. The number of fused-ring (bicyclic) bond motifs is 1. The van der Waals surface area contributed by atoms with Crippen molar-refractivity contribution in [2.24, 2.45) is 5.73 Å². The van der Waals surface area contributed by atoms with Gasteiger partial charge in [-0.2, -0.15) is 10.1 Å². The molecule has 4 rings (SSSR count). The van der Waals surface area contributed by atoms with Gasteiger partial charge in [0.05, 0.1) is 23.7 Å². The van der Waals surface area contributed by atoms with Gasteiger partial charge in [-0.3, -0.25) is 14.9 Å². The van der Waals surface area contributed by atoms with E-state index in [4.69, 9.17) is 10.3 Å². The molecule has 0 fully saturated rings. The molecule has 26 heavy (non-hydrogen) atoms. The average Bonchev–Trinajstić information content (AvgIpc) is 3.29. The molecule has 4 aromatic rings. The van der Waals surface area contributed by atoms with Crippen molar-refractivity contribution in [3.8, 4) is 0 Å². The molecule has 0 aliphatic heterocycles. The van der Waals surface area contributed by atoms with Crippen LogP contribution in [0.3, 0.4) is 0 Å². The smallest absolute Gasteiger partial charge is 0.250 e. The number of carbonyl (C=O) groups is 1. The second-order valence-corrected chi connectivity index (χ2v) is 5.83. The largest absolute Gasteiger partial charge is 0.366 e. The molecule has 0 atom stereocenters. The number of primary amides is 1. The molecule has 1 radical (unpaired) electrons. The summed E-state index contributed by atoms with van der Waals surface area (Å²) in [6, 6.07) is 7.50. The fourth-order valence-corrected chi connectivity index (χ4v) is 2.74. The van der Waals surface area contributed by atoms with E-state index in [1.165, 1.54) is 0 Å². The molecule has 0 unspecified atom stereocenters. The number of aromatic amines is 1. The zero-order valence-electron chi connectivity index (χ0n) is 13.7. The number of hydrogen-bond donors (Lipinski definition) is 2. The Bertz CT molecular complexity index is 1050. The molecule has 3 N–H and O–H groups in total. The average molecular weight is 347 g/mol. The van der Waals surface area contributed by atoms with Gasteiger partial charge in [-0.1, -0.05) is 5.16 Å². The summed E-state index contributed by atoms with van der Waals surface area (Å²) in [5.74, 6) is 0.533. The fourth-order valence-electron chi connectivity index (χ4n) is 2.74. The number of benzene rings is 1. The Morgan fingerprint density at radius 2 is 2.08 bits per heavy atom. The van der Waals surface area contributed by atoms with Crippen molar-refractivity contribution in [1.29, 1.82) is 0 Å². The van der Waals surface area contributed by atoms with Crippen LogP contribution in [-0.2, 0) is 12.8 Å². The number of nitrogens with two attached hydrogens (primary N) is 1. The molecule has 0 aliphatic carbocycles. The lowest BCUT2D eigenvalue weighted by Crippen LogP contribution is -2.12. The third-order valence-electron chi connectivity index (χ3n) is 3.98. The van der Waals surface area contributed by atoms with Crippen LogP contribution in [0, 0.1) is 6.42 Å². The van der Waals surface area contributed by atoms with Crippen molar-refractivity contribution in [2.45, 2.75) is 12.8 Å². The van der Waals surface area contributed by atoms with Gasteiger partial charge in [0, 0.05) is 24.2 Å². The van der Waals surface area contributed by atoms with E-state index in [1.54, 1.807) is 24.7 Å². The Morgan fingerprint density at radius 1 is 1.23 bits per heavy atom. The molecule has 3 aromatic heterocycles. The first-order valence-corrected chi connectivity index (χ1v) is 7.99. The van der Waals surface area contributed by atoms with Gasteiger partial charge in [0.15, 0.2) is 5.82 Å². The molecule has 8 nitrogen and oxygen atoms in total. The third-order valence-corrected chi connectivity index (χ3v) is 3.98. The molecule has 0 saturated carbocycles. The van der Waals surface area contributed by atoms with Crippen LogP contribution in [0.1, 0.15) is 33.2 Å². The van der Waals surface area contributed by atoms with Gasteiger partial charge in [0.2, 0.25) is 5.89 Å². The van der Waals surface area contributed by atoms with E-state index in [-0.39, 0.29) is 0 Å². The molecular formula is C18H15N6O2. The summed E-state index contributed by atoms with van der Waals surface area (Å²) in [7, 11) is 0. The number of aromatic nitrogens is 5. The van der Waals surface area contributed by atoms with E-state index >= 15 is 0 Å². The highest BCUT2D eigenvalue weighted by Gasteiger charge is 2.12. The second kappa shape index (κ2) is 6.75. The highest BCUT2D eigenvalue weighted by Crippen LogP contribution is 2.20. The Hall–Kier alpha value is -3.55.